The Kier molecular flexibility index (Phi) is 12.7. The summed E-state index contributed by atoms with van der Waals surface area (Å²) in [5, 5.41) is 16.2. The number of ether oxygens (including phenoxy) is 1. The van der Waals surface area contributed by atoms with Crippen LogP contribution < -0.4 is 10.6 Å². The van der Waals surface area contributed by atoms with Crippen LogP contribution in [-0.4, -0.2) is 36.9 Å². The molecule has 1 atom stereocenters. The van der Waals surface area contributed by atoms with Crippen molar-refractivity contribution in [3.63, 3.8) is 0 Å². The number of guanidine groups is 1. The summed E-state index contributed by atoms with van der Waals surface area (Å²) in [6.45, 7) is 7.23. The lowest BCUT2D eigenvalue weighted by atomic mass is 9.98. The molecule has 0 saturated heterocycles. The summed E-state index contributed by atoms with van der Waals surface area (Å²) < 4.78 is 6.00. The Balaban J connectivity index is 0.00000364. The second-order valence-electron chi connectivity index (χ2n) is 6.88. The molecule has 1 aliphatic carbocycles. The Morgan fingerprint density at radius 3 is 2.52 bits per heavy atom. The smallest absolute Gasteiger partial charge is 0.191 e. The third kappa shape index (κ3) is 8.35. The summed E-state index contributed by atoms with van der Waals surface area (Å²) in [4.78, 5) is 4.68. The molecule has 0 radical (unpaired) electrons. The van der Waals surface area contributed by atoms with E-state index in [4.69, 9.17) is 4.74 Å². The average Bonchev–Trinajstić information content (AvgIpc) is 3.20. The molecule has 0 amide bonds. The number of halogens is 1. The van der Waals surface area contributed by atoms with Gasteiger partial charge in [-0.1, -0.05) is 37.1 Å². The van der Waals surface area contributed by atoms with Gasteiger partial charge in [0, 0.05) is 19.7 Å². The minimum Gasteiger partial charge on any atom is -0.392 e. The van der Waals surface area contributed by atoms with Crippen LogP contribution in [0.4, 0.5) is 0 Å². The zero-order chi connectivity index (χ0) is 18.6. The molecule has 1 saturated carbocycles. The van der Waals surface area contributed by atoms with Gasteiger partial charge in [-0.2, -0.15) is 0 Å². The second kappa shape index (κ2) is 14.2. The van der Waals surface area contributed by atoms with Crippen LogP contribution in [0.15, 0.2) is 29.3 Å². The van der Waals surface area contributed by atoms with E-state index in [1.807, 2.05) is 24.3 Å². The summed E-state index contributed by atoms with van der Waals surface area (Å²) in [5.74, 6) is 1.54. The van der Waals surface area contributed by atoms with Crippen molar-refractivity contribution >= 4 is 29.9 Å². The van der Waals surface area contributed by atoms with Gasteiger partial charge in [0.25, 0.3) is 0 Å². The van der Waals surface area contributed by atoms with Crippen molar-refractivity contribution in [2.45, 2.75) is 65.2 Å². The first kappa shape index (κ1) is 24.2. The predicted octanol–water partition coefficient (Wildman–Crippen LogP) is 3.84. The monoisotopic (exact) mass is 489 g/mol. The van der Waals surface area contributed by atoms with E-state index in [-0.39, 0.29) is 30.6 Å². The number of nitrogens with one attached hydrogen (secondary N) is 2. The summed E-state index contributed by atoms with van der Waals surface area (Å²) in [5.41, 5.74) is 2.00. The third-order valence-corrected chi connectivity index (χ3v) is 5.07. The molecule has 1 aromatic carbocycles. The van der Waals surface area contributed by atoms with Gasteiger partial charge >= 0.3 is 0 Å². The van der Waals surface area contributed by atoms with E-state index >= 15 is 0 Å². The molecule has 0 bridgehead atoms. The van der Waals surface area contributed by atoms with Crippen LogP contribution in [0.5, 0.6) is 0 Å². The molecule has 2 rings (SSSR count). The van der Waals surface area contributed by atoms with Crippen LogP contribution in [0, 0.1) is 5.92 Å². The Morgan fingerprint density at radius 1 is 1.19 bits per heavy atom. The molecular formula is C21H36IN3O2. The molecule has 1 aliphatic rings. The molecule has 5 nitrogen and oxygen atoms in total. The average molecular weight is 489 g/mol. The Morgan fingerprint density at radius 2 is 1.89 bits per heavy atom. The lowest BCUT2D eigenvalue weighted by molar-refractivity contribution is 0.0169. The molecule has 3 N–H and O–H groups in total. The third-order valence-electron chi connectivity index (χ3n) is 5.07. The van der Waals surface area contributed by atoms with E-state index < -0.39 is 0 Å². The van der Waals surface area contributed by atoms with Gasteiger partial charge < -0.3 is 20.5 Å². The van der Waals surface area contributed by atoms with Gasteiger partial charge in [0.1, 0.15) is 0 Å². The highest BCUT2D eigenvalue weighted by atomic mass is 127. The minimum atomic E-state index is 0. The molecule has 0 spiro atoms. The molecule has 27 heavy (non-hydrogen) atoms. The van der Waals surface area contributed by atoms with Crippen molar-refractivity contribution in [1.82, 2.24) is 10.6 Å². The largest absolute Gasteiger partial charge is 0.392 e. The van der Waals surface area contributed by atoms with Gasteiger partial charge in [-0.05, 0) is 50.2 Å². The molecule has 1 unspecified atom stereocenters. The Labute approximate surface area is 181 Å². The Hall–Kier alpha value is -0.860. The number of rotatable bonds is 10. The van der Waals surface area contributed by atoms with E-state index in [1.54, 1.807) is 0 Å². The lowest BCUT2D eigenvalue weighted by Gasteiger charge is -2.24. The number of aliphatic hydroxyl groups excluding tert-OH is 1. The predicted molar refractivity (Wildman–Crippen MR) is 123 cm³/mol. The van der Waals surface area contributed by atoms with Crippen LogP contribution in [0.25, 0.3) is 0 Å². The van der Waals surface area contributed by atoms with E-state index in [2.05, 4.69) is 29.5 Å². The fourth-order valence-corrected chi connectivity index (χ4v) is 3.70. The van der Waals surface area contributed by atoms with Gasteiger partial charge in [-0.3, -0.25) is 0 Å². The first-order valence-corrected chi connectivity index (χ1v) is 10.1. The number of hydrogen-bond donors (Lipinski definition) is 3. The molecule has 6 heteroatoms. The number of benzene rings is 1. The van der Waals surface area contributed by atoms with E-state index in [9.17, 15) is 5.11 Å². The van der Waals surface area contributed by atoms with E-state index in [1.165, 1.54) is 25.7 Å². The maximum atomic E-state index is 9.45. The fraction of sp³-hybridized carbons (Fsp3) is 0.667. The van der Waals surface area contributed by atoms with Crippen molar-refractivity contribution in [2.75, 3.05) is 19.7 Å². The number of nitrogens with zero attached hydrogens (tertiary/aromatic N) is 1. The molecule has 1 fully saturated rings. The zero-order valence-electron chi connectivity index (χ0n) is 16.7. The van der Waals surface area contributed by atoms with Crippen LogP contribution in [0.3, 0.4) is 0 Å². The SMILES string of the molecule is CCNC(=NCc1ccccc1CO)NCCC(OCC)C1CCCC1.I. The lowest BCUT2D eigenvalue weighted by Crippen LogP contribution is -2.39. The first-order valence-electron chi connectivity index (χ1n) is 10.1. The maximum Gasteiger partial charge on any atom is 0.191 e. The van der Waals surface area contributed by atoms with Crippen LogP contribution >= 0.6 is 24.0 Å². The van der Waals surface area contributed by atoms with Crippen LogP contribution in [0.2, 0.25) is 0 Å². The van der Waals surface area contributed by atoms with Crippen LogP contribution in [0.1, 0.15) is 57.1 Å². The fourth-order valence-electron chi connectivity index (χ4n) is 3.70. The number of aliphatic hydroxyl groups is 1. The van der Waals surface area contributed by atoms with Crippen molar-refractivity contribution in [2.24, 2.45) is 10.9 Å². The minimum absolute atomic E-state index is 0. The van der Waals surface area contributed by atoms with Gasteiger partial charge in [-0.15, -0.1) is 24.0 Å². The molecule has 154 valence electrons. The Bertz CT molecular complexity index is 548. The quantitative estimate of drug-likeness (QED) is 0.266. The normalized spacial score (nSPS) is 16.0. The van der Waals surface area contributed by atoms with Crippen molar-refractivity contribution < 1.29 is 9.84 Å². The number of aliphatic imine (C=N–C) groups is 1. The highest BCUT2D eigenvalue weighted by Crippen LogP contribution is 2.30. The molecule has 0 aromatic heterocycles. The standard InChI is InChI=1S/C21H35N3O2.HI/c1-3-22-21(24-15-18-11-7-8-12-19(18)16-25)23-14-13-20(26-4-2)17-9-5-6-10-17;/h7-8,11-12,17,20,25H,3-6,9-10,13-16H2,1-2H3,(H2,22,23,24);1H. The number of hydrogen-bond acceptors (Lipinski definition) is 3. The summed E-state index contributed by atoms with van der Waals surface area (Å²) in [6.07, 6.45) is 6.66. The summed E-state index contributed by atoms with van der Waals surface area (Å²) in [6, 6.07) is 7.89. The van der Waals surface area contributed by atoms with Crippen molar-refractivity contribution in [1.29, 1.82) is 0 Å². The molecule has 0 heterocycles. The summed E-state index contributed by atoms with van der Waals surface area (Å²) >= 11 is 0. The second-order valence-corrected chi connectivity index (χ2v) is 6.88. The topological polar surface area (TPSA) is 65.9 Å². The highest BCUT2D eigenvalue weighted by Gasteiger charge is 2.25. The first-order chi connectivity index (χ1) is 12.8. The van der Waals surface area contributed by atoms with Crippen LogP contribution in [-0.2, 0) is 17.9 Å². The van der Waals surface area contributed by atoms with E-state index in [0.717, 1.165) is 43.2 Å². The molecular weight excluding hydrogens is 453 g/mol. The summed E-state index contributed by atoms with van der Waals surface area (Å²) in [7, 11) is 0. The molecule has 1 aromatic rings. The highest BCUT2D eigenvalue weighted by molar-refractivity contribution is 14.0. The molecule has 0 aliphatic heterocycles. The van der Waals surface area contributed by atoms with Gasteiger partial charge in [0.05, 0.1) is 19.3 Å². The van der Waals surface area contributed by atoms with E-state index in [0.29, 0.717) is 18.6 Å². The van der Waals surface area contributed by atoms with Gasteiger partial charge in [0.15, 0.2) is 5.96 Å². The van der Waals surface area contributed by atoms with Gasteiger partial charge in [-0.25, -0.2) is 4.99 Å². The van der Waals surface area contributed by atoms with Crippen molar-refractivity contribution in [3.8, 4) is 0 Å². The zero-order valence-corrected chi connectivity index (χ0v) is 19.1. The van der Waals surface area contributed by atoms with Crippen molar-refractivity contribution in [3.05, 3.63) is 35.4 Å². The maximum absolute atomic E-state index is 9.45. The van der Waals surface area contributed by atoms with Gasteiger partial charge in [0.2, 0.25) is 0 Å².